The van der Waals surface area contributed by atoms with Crippen LogP contribution in [0.1, 0.15) is 19.8 Å². The van der Waals surface area contributed by atoms with E-state index < -0.39 is 0 Å². The van der Waals surface area contributed by atoms with Gasteiger partial charge in [-0.25, -0.2) is 0 Å². The Kier molecular flexibility index (Phi) is 1.65. The van der Waals surface area contributed by atoms with Crippen LogP contribution in [0.5, 0.6) is 0 Å². The molecule has 1 rings (SSSR count). The van der Waals surface area contributed by atoms with Gasteiger partial charge in [0.1, 0.15) is 0 Å². The van der Waals surface area contributed by atoms with Gasteiger partial charge in [0.15, 0.2) is 0 Å². The molecule has 0 saturated carbocycles. The summed E-state index contributed by atoms with van der Waals surface area (Å²) in [5.41, 5.74) is 6.23. The van der Waals surface area contributed by atoms with E-state index in [4.69, 9.17) is 0 Å². The molecule has 0 unspecified atom stereocenters. The summed E-state index contributed by atoms with van der Waals surface area (Å²) in [4.78, 5) is 0. The van der Waals surface area contributed by atoms with Crippen LogP contribution in [0.4, 0.5) is 0 Å². The maximum atomic E-state index is 3.16. The van der Waals surface area contributed by atoms with Crippen molar-refractivity contribution in [1.82, 2.24) is 10.9 Å². The fraction of sp³-hybridized carbons (Fsp3) is 1.00. The first-order valence-corrected chi connectivity index (χ1v) is 2.92. The van der Waals surface area contributed by atoms with Crippen molar-refractivity contribution in [1.29, 1.82) is 0 Å². The van der Waals surface area contributed by atoms with Gasteiger partial charge in [-0.3, -0.25) is 10.9 Å². The zero-order chi connectivity index (χ0) is 5.11. The van der Waals surface area contributed by atoms with Crippen molar-refractivity contribution in [2.45, 2.75) is 25.8 Å². The van der Waals surface area contributed by atoms with Crippen LogP contribution in [-0.4, -0.2) is 12.6 Å². The predicted molar refractivity (Wildman–Crippen MR) is 29.8 cm³/mol. The SMILES string of the molecule is CC[C@@H]1CCNN1. The first kappa shape index (κ1) is 5.06. The summed E-state index contributed by atoms with van der Waals surface area (Å²) >= 11 is 0. The molecule has 0 amide bonds. The second-order valence-corrected chi connectivity index (χ2v) is 1.96. The second kappa shape index (κ2) is 2.28. The minimum Gasteiger partial charge on any atom is -0.258 e. The third kappa shape index (κ3) is 1.14. The standard InChI is InChI=1S/C5H12N2/c1-2-5-3-4-6-7-5/h5-7H,2-4H2,1H3/t5-/m1/s1. The molecule has 0 aromatic heterocycles. The van der Waals surface area contributed by atoms with Gasteiger partial charge in [-0.05, 0) is 12.8 Å². The van der Waals surface area contributed by atoms with E-state index in [1.165, 1.54) is 12.8 Å². The van der Waals surface area contributed by atoms with E-state index in [1.807, 2.05) is 0 Å². The van der Waals surface area contributed by atoms with Crippen LogP contribution >= 0.6 is 0 Å². The summed E-state index contributed by atoms with van der Waals surface area (Å²) in [5, 5.41) is 0. The van der Waals surface area contributed by atoms with Gasteiger partial charge in [0.25, 0.3) is 0 Å². The Hall–Kier alpha value is -0.0800. The van der Waals surface area contributed by atoms with Crippen LogP contribution in [0.3, 0.4) is 0 Å². The number of nitrogens with one attached hydrogen (secondary N) is 2. The Morgan fingerprint density at radius 1 is 1.71 bits per heavy atom. The van der Waals surface area contributed by atoms with Crippen LogP contribution in [0.2, 0.25) is 0 Å². The average Bonchev–Trinajstić information content (AvgIpc) is 2.14. The topological polar surface area (TPSA) is 24.1 Å². The minimum absolute atomic E-state index is 0.736. The first-order chi connectivity index (χ1) is 3.43. The molecule has 0 spiro atoms. The lowest BCUT2D eigenvalue weighted by Crippen LogP contribution is -2.29. The van der Waals surface area contributed by atoms with Crippen molar-refractivity contribution in [3.8, 4) is 0 Å². The molecule has 0 bridgehead atoms. The molecule has 0 aromatic carbocycles. The van der Waals surface area contributed by atoms with Crippen LogP contribution in [-0.2, 0) is 0 Å². The van der Waals surface area contributed by atoms with Crippen molar-refractivity contribution < 1.29 is 0 Å². The van der Waals surface area contributed by atoms with E-state index in [-0.39, 0.29) is 0 Å². The van der Waals surface area contributed by atoms with Gasteiger partial charge in [0, 0.05) is 12.6 Å². The zero-order valence-electron chi connectivity index (χ0n) is 4.70. The summed E-state index contributed by atoms with van der Waals surface area (Å²) in [5.74, 6) is 0. The highest BCUT2D eigenvalue weighted by molar-refractivity contribution is 4.68. The molecule has 1 aliphatic rings. The van der Waals surface area contributed by atoms with Crippen molar-refractivity contribution in [2.75, 3.05) is 6.54 Å². The molecule has 1 heterocycles. The highest BCUT2D eigenvalue weighted by atomic mass is 15.4. The van der Waals surface area contributed by atoms with E-state index in [0.717, 1.165) is 12.6 Å². The normalized spacial score (nSPS) is 31.3. The fourth-order valence-corrected chi connectivity index (χ4v) is 0.841. The monoisotopic (exact) mass is 100 g/mol. The number of hydrogen-bond donors (Lipinski definition) is 2. The Morgan fingerprint density at radius 3 is 2.86 bits per heavy atom. The van der Waals surface area contributed by atoms with Gasteiger partial charge in [-0.1, -0.05) is 6.92 Å². The van der Waals surface area contributed by atoms with E-state index in [9.17, 15) is 0 Å². The molecule has 0 aliphatic carbocycles. The molecular weight excluding hydrogens is 88.1 g/mol. The first-order valence-electron chi connectivity index (χ1n) is 2.92. The minimum atomic E-state index is 0.736. The number of hydrazine groups is 1. The second-order valence-electron chi connectivity index (χ2n) is 1.96. The summed E-state index contributed by atoms with van der Waals surface area (Å²) in [6, 6.07) is 0.736. The maximum Gasteiger partial charge on any atom is 0.0222 e. The Bertz CT molecular complexity index is 48.0. The maximum absolute atomic E-state index is 3.16. The number of hydrogen-bond acceptors (Lipinski definition) is 2. The van der Waals surface area contributed by atoms with Gasteiger partial charge < -0.3 is 0 Å². The van der Waals surface area contributed by atoms with Crippen molar-refractivity contribution in [2.24, 2.45) is 0 Å². The Morgan fingerprint density at radius 2 is 2.57 bits per heavy atom. The van der Waals surface area contributed by atoms with Gasteiger partial charge >= 0.3 is 0 Å². The third-order valence-electron chi connectivity index (χ3n) is 1.42. The largest absolute Gasteiger partial charge is 0.258 e. The highest BCUT2D eigenvalue weighted by Gasteiger charge is 2.08. The molecule has 0 aromatic rings. The molecule has 0 radical (unpaired) electrons. The fourth-order valence-electron chi connectivity index (χ4n) is 0.841. The van der Waals surface area contributed by atoms with Crippen LogP contribution < -0.4 is 10.9 Å². The van der Waals surface area contributed by atoms with E-state index >= 15 is 0 Å². The summed E-state index contributed by atoms with van der Waals surface area (Å²) in [7, 11) is 0. The van der Waals surface area contributed by atoms with E-state index in [1.54, 1.807) is 0 Å². The summed E-state index contributed by atoms with van der Waals surface area (Å²) < 4.78 is 0. The van der Waals surface area contributed by atoms with E-state index in [0.29, 0.717) is 0 Å². The van der Waals surface area contributed by atoms with Gasteiger partial charge in [0.2, 0.25) is 0 Å². The molecule has 1 fully saturated rings. The molecule has 2 nitrogen and oxygen atoms in total. The van der Waals surface area contributed by atoms with E-state index in [2.05, 4.69) is 17.8 Å². The zero-order valence-corrected chi connectivity index (χ0v) is 4.70. The lowest BCUT2D eigenvalue weighted by atomic mass is 10.2. The quantitative estimate of drug-likeness (QED) is 0.494. The van der Waals surface area contributed by atoms with Gasteiger partial charge in [-0.15, -0.1) is 0 Å². The summed E-state index contributed by atoms with van der Waals surface area (Å²) in [6.45, 7) is 3.34. The van der Waals surface area contributed by atoms with Crippen molar-refractivity contribution in [3.05, 3.63) is 0 Å². The predicted octanol–water partition coefficient (Wildman–Crippen LogP) is 0.263. The molecular formula is C5H12N2. The Labute approximate surface area is 44.3 Å². The van der Waals surface area contributed by atoms with Crippen molar-refractivity contribution in [3.63, 3.8) is 0 Å². The third-order valence-corrected chi connectivity index (χ3v) is 1.42. The average molecular weight is 100 g/mol. The lowest BCUT2D eigenvalue weighted by molar-refractivity contribution is 0.542. The molecule has 7 heavy (non-hydrogen) atoms. The van der Waals surface area contributed by atoms with Gasteiger partial charge in [-0.2, -0.15) is 0 Å². The van der Waals surface area contributed by atoms with Crippen LogP contribution in [0.25, 0.3) is 0 Å². The molecule has 1 atom stereocenters. The molecule has 1 saturated heterocycles. The molecule has 42 valence electrons. The van der Waals surface area contributed by atoms with Crippen LogP contribution in [0.15, 0.2) is 0 Å². The van der Waals surface area contributed by atoms with Gasteiger partial charge in [0.05, 0.1) is 0 Å². The number of rotatable bonds is 1. The molecule has 2 heteroatoms. The van der Waals surface area contributed by atoms with Crippen LogP contribution in [0, 0.1) is 0 Å². The lowest BCUT2D eigenvalue weighted by Gasteiger charge is -2.01. The summed E-state index contributed by atoms with van der Waals surface area (Å²) in [6.07, 6.45) is 2.53. The molecule has 2 N–H and O–H groups in total. The molecule has 1 aliphatic heterocycles. The smallest absolute Gasteiger partial charge is 0.0222 e. The highest BCUT2D eigenvalue weighted by Crippen LogP contribution is 1.98. The Balaban J connectivity index is 2.14. The van der Waals surface area contributed by atoms with Crippen molar-refractivity contribution >= 4 is 0 Å².